The van der Waals surface area contributed by atoms with Gasteiger partial charge in [0.15, 0.2) is 16.6 Å². The zero-order valence-electron chi connectivity index (χ0n) is 21.4. The van der Waals surface area contributed by atoms with E-state index in [-0.39, 0.29) is 5.82 Å². The lowest BCUT2D eigenvalue weighted by molar-refractivity contribution is 0.287. The number of aromatic nitrogens is 4. The fraction of sp³-hybridized carbons (Fsp3) is 0.296. The van der Waals surface area contributed by atoms with Gasteiger partial charge >= 0.3 is 0 Å². The zero-order valence-corrected chi connectivity index (χ0v) is 22.2. The third-order valence-electron chi connectivity index (χ3n) is 5.71. The first kappa shape index (κ1) is 26.2. The topological polar surface area (TPSA) is 78.2 Å². The standard InChI is InChI=1S/C27H31FN6O2S/c1-5-35-24-12-9-21(13-25(24)36-6-2)15-33-17-23(14-29-33)30-27(37)31-26-18(3)32-34(19(26)4)16-20-7-10-22(28)11-8-20/h7-14,17H,5-6,15-16H2,1-4H3,(H2,30,31,37). The van der Waals surface area contributed by atoms with Crippen molar-refractivity contribution in [2.45, 2.75) is 40.8 Å². The van der Waals surface area contributed by atoms with Crippen molar-refractivity contribution in [3.8, 4) is 11.5 Å². The number of ether oxygens (including phenoxy) is 2. The Morgan fingerprint density at radius 3 is 2.38 bits per heavy atom. The molecule has 0 aliphatic heterocycles. The molecule has 2 aromatic heterocycles. The number of hydrogen-bond acceptors (Lipinski definition) is 5. The van der Waals surface area contributed by atoms with Crippen LogP contribution < -0.4 is 20.1 Å². The van der Waals surface area contributed by atoms with E-state index in [9.17, 15) is 4.39 Å². The van der Waals surface area contributed by atoms with Crippen LogP contribution in [0.25, 0.3) is 0 Å². The first-order valence-corrected chi connectivity index (χ1v) is 12.5. The van der Waals surface area contributed by atoms with Crippen molar-refractivity contribution >= 4 is 28.7 Å². The third-order valence-corrected chi connectivity index (χ3v) is 5.91. The van der Waals surface area contributed by atoms with Crippen LogP contribution in [0.5, 0.6) is 11.5 Å². The number of rotatable bonds is 10. The highest BCUT2D eigenvalue weighted by molar-refractivity contribution is 7.80. The summed E-state index contributed by atoms with van der Waals surface area (Å²) in [6.07, 6.45) is 3.62. The molecule has 10 heteroatoms. The van der Waals surface area contributed by atoms with Crippen LogP contribution >= 0.6 is 12.2 Å². The molecule has 194 valence electrons. The van der Waals surface area contributed by atoms with Crippen molar-refractivity contribution in [3.63, 3.8) is 0 Å². The Balaban J connectivity index is 1.38. The summed E-state index contributed by atoms with van der Waals surface area (Å²) >= 11 is 5.55. The Labute approximate surface area is 221 Å². The van der Waals surface area contributed by atoms with Gasteiger partial charge in [-0.1, -0.05) is 18.2 Å². The van der Waals surface area contributed by atoms with Gasteiger partial charge in [-0.3, -0.25) is 9.36 Å². The Hall–Kier alpha value is -3.92. The maximum Gasteiger partial charge on any atom is 0.175 e. The van der Waals surface area contributed by atoms with Gasteiger partial charge < -0.3 is 20.1 Å². The van der Waals surface area contributed by atoms with E-state index in [1.807, 2.05) is 61.5 Å². The monoisotopic (exact) mass is 522 g/mol. The molecule has 0 unspecified atom stereocenters. The largest absolute Gasteiger partial charge is 0.490 e. The van der Waals surface area contributed by atoms with Crippen molar-refractivity contribution in [1.82, 2.24) is 19.6 Å². The molecule has 37 heavy (non-hydrogen) atoms. The van der Waals surface area contributed by atoms with Crippen LogP contribution in [0.2, 0.25) is 0 Å². The summed E-state index contributed by atoms with van der Waals surface area (Å²) < 4.78 is 28.3. The average Bonchev–Trinajstić information content (AvgIpc) is 3.41. The van der Waals surface area contributed by atoms with E-state index in [1.165, 1.54) is 12.1 Å². The van der Waals surface area contributed by atoms with Crippen molar-refractivity contribution in [2.24, 2.45) is 0 Å². The molecule has 2 heterocycles. The van der Waals surface area contributed by atoms with Crippen molar-refractivity contribution in [3.05, 3.63) is 83.2 Å². The van der Waals surface area contributed by atoms with E-state index in [0.29, 0.717) is 31.4 Å². The van der Waals surface area contributed by atoms with E-state index in [2.05, 4.69) is 20.8 Å². The molecular formula is C27H31FN6O2S. The highest BCUT2D eigenvalue weighted by atomic mass is 32.1. The second kappa shape index (κ2) is 11.9. The molecule has 0 bridgehead atoms. The van der Waals surface area contributed by atoms with Crippen LogP contribution in [0, 0.1) is 19.7 Å². The van der Waals surface area contributed by atoms with E-state index in [1.54, 1.807) is 18.3 Å². The fourth-order valence-electron chi connectivity index (χ4n) is 3.97. The van der Waals surface area contributed by atoms with E-state index >= 15 is 0 Å². The Kier molecular flexibility index (Phi) is 8.39. The summed E-state index contributed by atoms with van der Waals surface area (Å²) in [6.45, 7) is 10.0. The molecule has 0 aliphatic carbocycles. The molecule has 0 saturated heterocycles. The second-order valence-corrected chi connectivity index (χ2v) is 8.89. The highest BCUT2D eigenvalue weighted by Crippen LogP contribution is 2.29. The van der Waals surface area contributed by atoms with Gasteiger partial charge in [-0.25, -0.2) is 4.39 Å². The van der Waals surface area contributed by atoms with Gasteiger partial charge in [0.2, 0.25) is 0 Å². The van der Waals surface area contributed by atoms with Gasteiger partial charge in [0.05, 0.1) is 55.3 Å². The van der Waals surface area contributed by atoms with Crippen LogP contribution in [-0.2, 0) is 13.1 Å². The predicted molar refractivity (Wildman–Crippen MR) is 147 cm³/mol. The molecule has 4 rings (SSSR count). The predicted octanol–water partition coefficient (Wildman–Crippen LogP) is 5.54. The van der Waals surface area contributed by atoms with Gasteiger partial charge in [0.1, 0.15) is 5.82 Å². The molecule has 0 radical (unpaired) electrons. The number of nitrogens with one attached hydrogen (secondary N) is 2. The van der Waals surface area contributed by atoms with Crippen LogP contribution in [-0.4, -0.2) is 37.9 Å². The highest BCUT2D eigenvalue weighted by Gasteiger charge is 2.14. The lowest BCUT2D eigenvalue weighted by atomic mass is 10.2. The SMILES string of the molecule is CCOc1ccc(Cn2cc(NC(=S)Nc3c(C)nn(Cc4ccc(F)cc4)c3C)cn2)cc1OCC. The van der Waals surface area contributed by atoms with Crippen molar-refractivity contribution in [2.75, 3.05) is 23.8 Å². The molecule has 2 aromatic carbocycles. The number of nitrogens with zero attached hydrogens (tertiary/aromatic N) is 4. The summed E-state index contributed by atoms with van der Waals surface area (Å²) in [5, 5.41) is 15.9. The van der Waals surface area contributed by atoms with E-state index in [4.69, 9.17) is 21.7 Å². The number of halogens is 1. The molecule has 4 aromatic rings. The van der Waals surface area contributed by atoms with Gasteiger partial charge in [-0.05, 0) is 75.3 Å². The molecule has 8 nitrogen and oxygen atoms in total. The Bertz CT molecular complexity index is 1370. The number of benzene rings is 2. The zero-order chi connectivity index (χ0) is 26.4. The summed E-state index contributed by atoms with van der Waals surface area (Å²) in [5.41, 5.74) is 5.37. The van der Waals surface area contributed by atoms with E-state index in [0.717, 1.165) is 45.4 Å². The first-order valence-electron chi connectivity index (χ1n) is 12.1. The molecular weight excluding hydrogens is 491 g/mol. The summed E-state index contributed by atoms with van der Waals surface area (Å²) in [4.78, 5) is 0. The molecule has 0 saturated carbocycles. The van der Waals surface area contributed by atoms with Gasteiger partial charge in [0, 0.05) is 6.20 Å². The molecule has 0 spiro atoms. The summed E-state index contributed by atoms with van der Waals surface area (Å²) in [7, 11) is 0. The fourth-order valence-corrected chi connectivity index (χ4v) is 4.19. The second-order valence-electron chi connectivity index (χ2n) is 8.48. The lowest BCUT2D eigenvalue weighted by Gasteiger charge is -2.12. The molecule has 0 atom stereocenters. The summed E-state index contributed by atoms with van der Waals surface area (Å²) in [5.74, 6) is 1.20. The minimum Gasteiger partial charge on any atom is -0.490 e. The molecule has 2 N–H and O–H groups in total. The normalized spacial score (nSPS) is 10.8. The quantitative estimate of drug-likeness (QED) is 0.265. The number of hydrogen-bond donors (Lipinski definition) is 2. The van der Waals surface area contributed by atoms with Crippen LogP contribution in [0.1, 0.15) is 36.4 Å². The number of aryl methyl sites for hydroxylation is 1. The number of thiocarbonyl (C=S) groups is 1. The van der Waals surface area contributed by atoms with Gasteiger partial charge in [0.25, 0.3) is 0 Å². The van der Waals surface area contributed by atoms with Crippen LogP contribution in [0.15, 0.2) is 54.9 Å². The smallest absolute Gasteiger partial charge is 0.175 e. The number of anilines is 2. The summed E-state index contributed by atoms with van der Waals surface area (Å²) in [6, 6.07) is 12.3. The molecule has 0 aliphatic rings. The van der Waals surface area contributed by atoms with E-state index < -0.39 is 0 Å². The maximum absolute atomic E-state index is 13.2. The lowest BCUT2D eigenvalue weighted by Crippen LogP contribution is -2.19. The van der Waals surface area contributed by atoms with Crippen molar-refractivity contribution in [1.29, 1.82) is 0 Å². The van der Waals surface area contributed by atoms with Gasteiger partial charge in [-0.15, -0.1) is 0 Å². The van der Waals surface area contributed by atoms with Crippen molar-refractivity contribution < 1.29 is 13.9 Å². The average molecular weight is 523 g/mol. The van der Waals surface area contributed by atoms with Crippen LogP contribution in [0.3, 0.4) is 0 Å². The minimum absolute atomic E-state index is 0.256. The molecule has 0 fully saturated rings. The Morgan fingerprint density at radius 1 is 0.946 bits per heavy atom. The first-order chi connectivity index (χ1) is 17.9. The van der Waals surface area contributed by atoms with Crippen LogP contribution in [0.4, 0.5) is 15.8 Å². The Morgan fingerprint density at radius 2 is 1.65 bits per heavy atom. The molecule has 0 amide bonds. The van der Waals surface area contributed by atoms with Gasteiger partial charge in [-0.2, -0.15) is 10.2 Å². The minimum atomic E-state index is -0.256. The third kappa shape index (κ3) is 6.65. The maximum atomic E-state index is 13.2.